The molecule has 0 saturated carbocycles. The average Bonchev–Trinajstić information content (AvgIpc) is 3.21. The minimum atomic E-state index is 0.138. The number of ether oxygens (including phenoxy) is 2. The van der Waals surface area contributed by atoms with Gasteiger partial charge in [0.2, 0.25) is 11.8 Å². The molecule has 0 radical (unpaired) electrons. The number of hydrogen-bond donors (Lipinski definition) is 1. The van der Waals surface area contributed by atoms with Crippen molar-refractivity contribution in [2.75, 3.05) is 39.0 Å². The molecule has 0 amide bonds. The quantitative estimate of drug-likeness (QED) is 0.134. The molecule has 3 heterocycles. The van der Waals surface area contributed by atoms with Gasteiger partial charge in [0, 0.05) is 56.7 Å². The molecule has 10 nitrogen and oxygen atoms in total. The second-order valence-corrected chi connectivity index (χ2v) is 16.0. The number of halogens is 2. The molecule has 0 spiro atoms. The number of hydrogen-bond acceptors (Lipinski definition) is 10. The van der Waals surface area contributed by atoms with Gasteiger partial charge in [-0.25, -0.2) is 19.9 Å². The Morgan fingerprint density at radius 3 is 1.69 bits per heavy atom. The Kier molecular flexibility index (Phi) is 13.0. The van der Waals surface area contributed by atoms with Crippen molar-refractivity contribution in [2.24, 2.45) is 0 Å². The largest absolute Gasteiger partial charge is 0.438 e. The van der Waals surface area contributed by atoms with Crippen LogP contribution in [0.15, 0.2) is 97.6 Å². The van der Waals surface area contributed by atoms with E-state index < -0.39 is 0 Å². The van der Waals surface area contributed by atoms with Crippen molar-refractivity contribution in [3.8, 4) is 23.3 Å². The number of fused-ring (bicyclic) bond motifs is 2. The zero-order valence-electron chi connectivity index (χ0n) is 33.9. The molecule has 8 rings (SSSR count). The molecule has 1 aliphatic heterocycles. The van der Waals surface area contributed by atoms with Crippen molar-refractivity contribution in [3.05, 3.63) is 147 Å². The van der Waals surface area contributed by atoms with Crippen LogP contribution in [0.1, 0.15) is 38.9 Å². The lowest BCUT2D eigenvalue weighted by Crippen LogP contribution is -2.44. The van der Waals surface area contributed by atoms with Gasteiger partial charge in [-0.05, 0) is 122 Å². The molecule has 1 saturated heterocycles. The van der Waals surface area contributed by atoms with Crippen molar-refractivity contribution >= 4 is 56.5 Å². The summed E-state index contributed by atoms with van der Waals surface area (Å²) in [7, 11) is 2.16. The number of nitrogens with two attached hydrogens (primary N) is 1. The van der Waals surface area contributed by atoms with Crippen LogP contribution in [0, 0.1) is 27.7 Å². The smallest absolute Gasteiger partial charge is 0.230 e. The number of aryl methyl sites for hydroxylation is 4. The number of carbonyl (C=O) groups is 1. The van der Waals surface area contributed by atoms with Gasteiger partial charge in [0.25, 0.3) is 0 Å². The van der Waals surface area contributed by atoms with E-state index in [2.05, 4.69) is 75.8 Å². The average molecular weight is 829 g/mol. The summed E-state index contributed by atoms with van der Waals surface area (Å²) in [6, 6.07) is 27.0. The minimum absolute atomic E-state index is 0.138. The number of piperazine rings is 1. The summed E-state index contributed by atoms with van der Waals surface area (Å²) >= 11 is 12.6. The molecule has 302 valence electrons. The summed E-state index contributed by atoms with van der Waals surface area (Å²) in [5.74, 6) is 2.28. The van der Waals surface area contributed by atoms with Crippen LogP contribution in [0.5, 0.6) is 23.3 Å². The summed E-state index contributed by atoms with van der Waals surface area (Å²) in [5, 5.41) is 2.68. The molecule has 7 aromatic rings. The Hall–Kier alpha value is -5.65. The molecule has 2 aromatic heterocycles. The van der Waals surface area contributed by atoms with Crippen LogP contribution in [0.3, 0.4) is 0 Å². The van der Waals surface area contributed by atoms with Gasteiger partial charge in [0.15, 0.2) is 0 Å². The summed E-state index contributed by atoms with van der Waals surface area (Å²) in [6.07, 6.45) is 3.66. The van der Waals surface area contributed by atoms with Crippen molar-refractivity contribution in [3.63, 3.8) is 0 Å². The van der Waals surface area contributed by atoms with Crippen LogP contribution in [-0.4, -0.2) is 68.7 Å². The maximum Gasteiger partial charge on any atom is 0.230 e. The number of benzene rings is 5. The fourth-order valence-corrected chi connectivity index (χ4v) is 7.30. The number of anilines is 1. The first-order valence-corrected chi connectivity index (χ1v) is 20.3. The lowest BCUT2D eigenvalue weighted by molar-refractivity contribution is -0.117. The van der Waals surface area contributed by atoms with Crippen LogP contribution in [0.25, 0.3) is 21.8 Å². The summed E-state index contributed by atoms with van der Waals surface area (Å²) < 4.78 is 11.9. The second kappa shape index (κ2) is 18.5. The summed E-state index contributed by atoms with van der Waals surface area (Å²) in [5.41, 5.74) is 15.7. The molecular weight excluding hydrogens is 781 g/mol. The first-order valence-electron chi connectivity index (χ1n) is 19.5. The van der Waals surface area contributed by atoms with E-state index >= 15 is 0 Å². The van der Waals surface area contributed by atoms with Crippen LogP contribution in [-0.2, 0) is 24.2 Å². The van der Waals surface area contributed by atoms with Gasteiger partial charge in [-0.2, -0.15) is 0 Å². The van der Waals surface area contributed by atoms with Crippen LogP contribution in [0.4, 0.5) is 5.69 Å². The zero-order valence-corrected chi connectivity index (χ0v) is 35.4. The Bertz CT molecular complexity index is 2650. The van der Waals surface area contributed by atoms with E-state index in [0.29, 0.717) is 45.4 Å². The van der Waals surface area contributed by atoms with Crippen LogP contribution >= 0.6 is 23.2 Å². The predicted molar refractivity (Wildman–Crippen MR) is 237 cm³/mol. The van der Waals surface area contributed by atoms with E-state index in [4.69, 9.17) is 38.4 Å². The first-order chi connectivity index (χ1) is 28.4. The normalized spacial score (nSPS) is 13.3. The van der Waals surface area contributed by atoms with Gasteiger partial charge < -0.3 is 20.1 Å². The molecule has 5 aromatic carbocycles. The monoisotopic (exact) mass is 827 g/mol. The standard InChI is InChI=1S/C31H33ClN4O2.C16H14ClN3O/c1-21-14-28-30(15-22(21)2)33-20-34-31(28)38-27-9-8-24(29(32)18-27)17-26(37)16-23-6-4-5-7-25(23)19-36-12-10-35(3)11-13-36;1-9-5-12-15(6-10(9)2)19-8-20-16(12)21-11-3-4-14(18)13(17)7-11/h4-9,14-15,18,20H,10-13,16-17,19H2,1-3H3;3-8H,18H2,1-2H3. The summed E-state index contributed by atoms with van der Waals surface area (Å²) in [6.45, 7) is 13.3. The molecule has 2 N–H and O–H groups in total. The highest BCUT2D eigenvalue weighted by molar-refractivity contribution is 6.33. The van der Waals surface area contributed by atoms with E-state index in [1.54, 1.807) is 24.3 Å². The van der Waals surface area contributed by atoms with Crippen molar-refractivity contribution in [1.82, 2.24) is 29.7 Å². The molecule has 1 fully saturated rings. The fraction of sp³-hybridized carbons (Fsp3) is 0.255. The van der Waals surface area contributed by atoms with E-state index in [1.807, 2.05) is 49.4 Å². The lowest BCUT2D eigenvalue weighted by Gasteiger charge is -2.32. The Balaban J connectivity index is 0.000000212. The number of carbonyl (C=O) groups excluding carboxylic acids is 1. The van der Waals surface area contributed by atoms with Gasteiger partial charge in [-0.3, -0.25) is 9.69 Å². The van der Waals surface area contributed by atoms with Crippen LogP contribution in [0.2, 0.25) is 10.0 Å². The molecule has 0 bridgehead atoms. The lowest BCUT2D eigenvalue weighted by atomic mass is 9.98. The molecule has 0 unspecified atom stereocenters. The number of aromatic nitrogens is 4. The third kappa shape index (κ3) is 10.3. The summed E-state index contributed by atoms with van der Waals surface area (Å²) in [4.78, 5) is 35.1. The maximum atomic E-state index is 13.1. The van der Waals surface area contributed by atoms with Gasteiger partial charge in [-0.15, -0.1) is 0 Å². The number of nitrogens with zero attached hydrogens (tertiary/aromatic N) is 6. The topological polar surface area (TPSA) is 120 Å². The zero-order chi connectivity index (χ0) is 41.6. The number of rotatable bonds is 10. The van der Waals surface area contributed by atoms with Crippen LogP contribution < -0.4 is 15.2 Å². The molecule has 59 heavy (non-hydrogen) atoms. The molecule has 1 aliphatic rings. The van der Waals surface area contributed by atoms with Crippen molar-refractivity contribution in [1.29, 1.82) is 0 Å². The van der Waals surface area contributed by atoms with Crippen molar-refractivity contribution < 1.29 is 14.3 Å². The van der Waals surface area contributed by atoms with Crippen molar-refractivity contribution in [2.45, 2.75) is 47.1 Å². The maximum absolute atomic E-state index is 13.1. The molecule has 12 heteroatoms. The van der Waals surface area contributed by atoms with Gasteiger partial charge >= 0.3 is 0 Å². The highest BCUT2D eigenvalue weighted by atomic mass is 35.5. The second-order valence-electron chi connectivity index (χ2n) is 15.1. The highest BCUT2D eigenvalue weighted by Gasteiger charge is 2.18. The molecular formula is C47H47Cl2N7O3. The number of nitrogen functional groups attached to an aromatic ring is 1. The molecule has 0 atom stereocenters. The third-order valence-corrected chi connectivity index (χ3v) is 11.4. The van der Waals surface area contributed by atoms with E-state index in [1.165, 1.54) is 29.3 Å². The van der Waals surface area contributed by atoms with E-state index in [-0.39, 0.29) is 12.2 Å². The first kappa shape index (κ1) is 41.5. The SMILES string of the molecule is Cc1cc2ncnc(Oc3ccc(CC(=O)Cc4ccccc4CN4CCN(C)CC4)c(Cl)c3)c2cc1C.Cc1cc2ncnc(Oc3ccc(N)c(Cl)c3)c2cc1C. The number of likely N-dealkylation sites (N-methyl/N-ethyl adjacent to an activating group) is 1. The van der Waals surface area contributed by atoms with E-state index in [0.717, 1.165) is 76.8 Å². The third-order valence-electron chi connectivity index (χ3n) is 10.7. The Morgan fingerprint density at radius 1 is 0.627 bits per heavy atom. The number of ketones is 1. The van der Waals surface area contributed by atoms with Gasteiger partial charge in [0.1, 0.15) is 29.9 Å². The Labute approximate surface area is 355 Å². The fourth-order valence-electron chi connectivity index (χ4n) is 6.89. The highest BCUT2D eigenvalue weighted by Crippen LogP contribution is 2.33. The van der Waals surface area contributed by atoms with Gasteiger partial charge in [-0.1, -0.05) is 53.5 Å². The van der Waals surface area contributed by atoms with Gasteiger partial charge in [0.05, 0.1) is 32.5 Å². The van der Waals surface area contributed by atoms with E-state index in [9.17, 15) is 4.79 Å². The minimum Gasteiger partial charge on any atom is -0.438 e. The number of Topliss-reactive ketones (excluding diaryl/α,β-unsaturated/α-hetero) is 1. The Morgan fingerprint density at radius 2 is 1.14 bits per heavy atom. The predicted octanol–water partition coefficient (Wildman–Crippen LogP) is 10.1. The molecule has 0 aliphatic carbocycles.